The Hall–Kier alpha value is -2.58. The molecule has 0 spiro atoms. The number of rotatable bonds is 5. The molecule has 8 nitrogen and oxygen atoms in total. The Labute approximate surface area is 169 Å². The van der Waals surface area contributed by atoms with Crippen molar-refractivity contribution in [2.45, 2.75) is 57.9 Å². The summed E-state index contributed by atoms with van der Waals surface area (Å²) in [4.78, 5) is 23.5. The third kappa shape index (κ3) is 5.07. The smallest absolute Gasteiger partial charge is 0.303 e. The van der Waals surface area contributed by atoms with Crippen LogP contribution in [0.5, 0.6) is 5.75 Å². The first-order chi connectivity index (χ1) is 13.7. The molecule has 0 bridgehead atoms. The number of hydrogen-bond acceptors (Lipinski definition) is 8. The highest BCUT2D eigenvalue weighted by atomic mass is 16.8. The van der Waals surface area contributed by atoms with Gasteiger partial charge in [-0.3, -0.25) is 9.59 Å². The number of benzene rings is 1. The van der Waals surface area contributed by atoms with Gasteiger partial charge >= 0.3 is 11.9 Å². The first-order valence-corrected chi connectivity index (χ1v) is 9.37. The normalized spacial score (nSPS) is 29.3. The van der Waals surface area contributed by atoms with Crippen LogP contribution in [0, 0.1) is 0 Å². The van der Waals surface area contributed by atoms with Gasteiger partial charge in [0.1, 0.15) is 17.6 Å². The average molecular weight is 406 g/mol. The summed E-state index contributed by atoms with van der Waals surface area (Å²) in [5, 5.41) is 0. The van der Waals surface area contributed by atoms with Crippen molar-refractivity contribution in [3.8, 4) is 5.75 Å². The summed E-state index contributed by atoms with van der Waals surface area (Å²) in [7, 11) is 1.59. The van der Waals surface area contributed by atoms with E-state index in [4.69, 9.17) is 28.4 Å². The van der Waals surface area contributed by atoms with Gasteiger partial charge in [0.2, 0.25) is 0 Å². The Morgan fingerprint density at radius 3 is 2.28 bits per heavy atom. The highest BCUT2D eigenvalue weighted by Crippen LogP contribution is 2.37. The van der Waals surface area contributed by atoms with Gasteiger partial charge in [-0.15, -0.1) is 0 Å². The standard InChI is InChI=1S/C21H26O8/c1-12(22)26-18-16(10-14-6-8-15(24-5)9-7-14)28-19(20(18)27-13(2)23)17-11-25-21(3,4)29-17/h6-10,17-20H,11H2,1-5H3/b16-10-/t17-,18+,19-,20-/m1/s1. The molecule has 2 heterocycles. The largest absolute Gasteiger partial charge is 0.497 e. The summed E-state index contributed by atoms with van der Waals surface area (Å²) in [6, 6.07) is 7.29. The molecule has 29 heavy (non-hydrogen) atoms. The van der Waals surface area contributed by atoms with Crippen molar-refractivity contribution in [3.05, 3.63) is 35.6 Å². The molecule has 0 aromatic heterocycles. The van der Waals surface area contributed by atoms with Gasteiger partial charge in [-0.05, 0) is 37.6 Å². The van der Waals surface area contributed by atoms with E-state index < -0.39 is 42.1 Å². The molecule has 0 aliphatic carbocycles. The molecular formula is C21H26O8. The van der Waals surface area contributed by atoms with Crippen molar-refractivity contribution in [2.75, 3.05) is 13.7 Å². The third-order valence-electron chi connectivity index (χ3n) is 4.59. The van der Waals surface area contributed by atoms with E-state index in [1.807, 2.05) is 12.1 Å². The summed E-state index contributed by atoms with van der Waals surface area (Å²) >= 11 is 0. The molecule has 1 aromatic carbocycles. The highest BCUT2D eigenvalue weighted by molar-refractivity contribution is 5.68. The van der Waals surface area contributed by atoms with Crippen LogP contribution >= 0.6 is 0 Å². The lowest BCUT2D eigenvalue weighted by Crippen LogP contribution is -2.44. The Bertz CT molecular complexity index is 782. The second-order valence-electron chi connectivity index (χ2n) is 7.37. The molecule has 2 saturated heterocycles. The Morgan fingerprint density at radius 1 is 1.10 bits per heavy atom. The fourth-order valence-corrected chi connectivity index (χ4v) is 3.40. The lowest BCUT2D eigenvalue weighted by Gasteiger charge is -2.25. The molecule has 3 rings (SSSR count). The van der Waals surface area contributed by atoms with Gasteiger partial charge in [-0.1, -0.05) is 12.1 Å². The number of esters is 2. The van der Waals surface area contributed by atoms with Crippen molar-refractivity contribution >= 4 is 18.0 Å². The summed E-state index contributed by atoms with van der Waals surface area (Å²) < 4.78 is 33.7. The van der Waals surface area contributed by atoms with Gasteiger partial charge in [0.15, 0.2) is 24.1 Å². The monoisotopic (exact) mass is 406 g/mol. The summed E-state index contributed by atoms with van der Waals surface area (Å²) in [5.74, 6) is -0.723. The number of carbonyl (C=O) groups is 2. The molecule has 0 N–H and O–H groups in total. The molecular weight excluding hydrogens is 380 g/mol. The maximum Gasteiger partial charge on any atom is 0.303 e. The van der Waals surface area contributed by atoms with E-state index in [1.54, 1.807) is 39.2 Å². The maximum absolute atomic E-state index is 11.7. The lowest BCUT2D eigenvalue weighted by molar-refractivity contribution is -0.173. The summed E-state index contributed by atoms with van der Waals surface area (Å²) in [6.45, 7) is 6.43. The van der Waals surface area contributed by atoms with E-state index in [2.05, 4.69) is 0 Å². The molecule has 2 aliphatic rings. The second-order valence-corrected chi connectivity index (χ2v) is 7.37. The SMILES string of the molecule is COc1ccc(/C=C2\O[C@H]([C@H]3COC(C)(C)O3)[C@H](OC(C)=O)[C@H]2OC(C)=O)cc1. The number of carbonyl (C=O) groups excluding carboxylic acids is 2. The first kappa shape index (κ1) is 21.1. The average Bonchev–Trinajstić information content (AvgIpc) is 3.16. The van der Waals surface area contributed by atoms with Gasteiger partial charge in [0.05, 0.1) is 13.7 Å². The molecule has 1 aromatic rings. The van der Waals surface area contributed by atoms with E-state index in [0.29, 0.717) is 11.5 Å². The first-order valence-electron chi connectivity index (χ1n) is 9.37. The van der Waals surface area contributed by atoms with E-state index in [1.165, 1.54) is 13.8 Å². The third-order valence-corrected chi connectivity index (χ3v) is 4.59. The second kappa shape index (κ2) is 8.42. The quantitative estimate of drug-likeness (QED) is 0.689. The number of methoxy groups -OCH3 is 1. The molecule has 2 aliphatic heterocycles. The van der Waals surface area contributed by atoms with Crippen molar-refractivity contribution in [1.82, 2.24) is 0 Å². The van der Waals surface area contributed by atoms with Gasteiger partial charge in [0.25, 0.3) is 0 Å². The zero-order valence-corrected chi connectivity index (χ0v) is 17.2. The zero-order chi connectivity index (χ0) is 21.2. The molecule has 158 valence electrons. The van der Waals surface area contributed by atoms with Crippen LogP contribution in [-0.2, 0) is 33.3 Å². The minimum atomic E-state index is -0.893. The topological polar surface area (TPSA) is 89.5 Å². The predicted octanol–water partition coefficient (Wildman–Crippen LogP) is 2.45. The number of ether oxygens (including phenoxy) is 6. The van der Waals surface area contributed by atoms with E-state index >= 15 is 0 Å². The van der Waals surface area contributed by atoms with Crippen LogP contribution in [-0.4, -0.2) is 55.9 Å². The van der Waals surface area contributed by atoms with E-state index in [-0.39, 0.29) is 6.61 Å². The Kier molecular flexibility index (Phi) is 6.14. The zero-order valence-electron chi connectivity index (χ0n) is 17.2. The molecule has 0 saturated carbocycles. The van der Waals surface area contributed by atoms with Crippen LogP contribution in [0.1, 0.15) is 33.3 Å². The van der Waals surface area contributed by atoms with Crippen molar-refractivity contribution < 1.29 is 38.0 Å². The van der Waals surface area contributed by atoms with Crippen molar-refractivity contribution in [1.29, 1.82) is 0 Å². The molecule has 0 radical (unpaired) electrons. The highest BCUT2D eigenvalue weighted by Gasteiger charge is 2.53. The van der Waals surface area contributed by atoms with Crippen molar-refractivity contribution in [3.63, 3.8) is 0 Å². The van der Waals surface area contributed by atoms with E-state index in [9.17, 15) is 9.59 Å². The van der Waals surface area contributed by atoms with Crippen LogP contribution in [0.15, 0.2) is 30.0 Å². The fourth-order valence-electron chi connectivity index (χ4n) is 3.40. The van der Waals surface area contributed by atoms with E-state index in [0.717, 1.165) is 5.56 Å². The van der Waals surface area contributed by atoms with Gasteiger partial charge < -0.3 is 28.4 Å². The predicted molar refractivity (Wildman–Crippen MR) is 102 cm³/mol. The number of hydrogen-bond donors (Lipinski definition) is 0. The molecule has 8 heteroatoms. The molecule has 4 atom stereocenters. The van der Waals surface area contributed by atoms with Crippen LogP contribution < -0.4 is 4.74 Å². The summed E-state index contributed by atoms with van der Waals surface area (Å²) in [5.41, 5.74) is 0.809. The Balaban J connectivity index is 1.93. The summed E-state index contributed by atoms with van der Waals surface area (Å²) in [6.07, 6.45) is -1.19. The molecule has 0 amide bonds. The Morgan fingerprint density at radius 2 is 1.76 bits per heavy atom. The van der Waals surface area contributed by atoms with Gasteiger partial charge in [-0.2, -0.15) is 0 Å². The minimum Gasteiger partial charge on any atom is -0.497 e. The molecule has 2 fully saturated rings. The van der Waals surface area contributed by atoms with Crippen molar-refractivity contribution in [2.24, 2.45) is 0 Å². The van der Waals surface area contributed by atoms with Crippen LogP contribution in [0.2, 0.25) is 0 Å². The van der Waals surface area contributed by atoms with Crippen LogP contribution in [0.25, 0.3) is 6.08 Å². The maximum atomic E-state index is 11.7. The lowest BCUT2D eigenvalue weighted by atomic mass is 10.0. The van der Waals surface area contributed by atoms with Gasteiger partial charge in [-0.25, -0.2) is 0 Å². The van der Waals surface area contributed by atoms with Gasteiger partial charge in [0, 0.05) is 13.8 Å². The fraction of sp³-hybridized carbons (Fsp3) is 0.524. The molecule has 0 unspecified atom stereocenters. The minimum absolute atomic E-state index is 0.262. The van der Waals surface area contributed by atoms with Crippen LogP contribution in [0.3, 0.4) is 0 Å². The van der Waals surface area contributed by atoms with Crippen LogP contribution in [0.4, 0.5) is 0 Å².